The number of rotatable bonds is 1. The van der Waals surface area contributed by atoms with Gasteiger partial charge in [0.2, 0.25) is 0 Å². The Bertz CT molecular complexity index is 369. The predicted octanol–water partition coefficient (Wildman–Crippen LogP) is 1.73. The lowest BCUT2D eigenvalue weighted by atomic mass is 10.2. The molecular formula is C8H8F2N2O2. The van der Waals surface area contributed by atoms with Gasteiger partial charge >= 0.3 is 6.09 Å². The van der Waals surface area contributed by atoms with Gasteiger partial charge in [-0.15, -0.1) is 0 Å². The van der Waals surface area contributed by atoms with Gasteiger partial charge in [-0.05, 0) is 6.07 Å². The van der Waals surface area contributed by atoms with Crippen LogP contribution in [-0.4, -0.2) is 13.2 Å². The number of benzene rings is 1. The number of halogens is 2. The van der Waals surface area contributed by atoms with E-state index in [2.05, 4.69) is 4.74 Å². The van der Waals surface area contributed by atoms with Crippen molar-refractivity contribution in [2.24, 2.45) is 0 Å². The summed E-state index contributed by atoms with van der Waals surface area (Å²) < 4.78 is 29.9. The monoisotopic (exact) mass is 202 g/mol. The lowest BCUT2D eigenvalue weighted by molar-refractivity contribution is 0.187. The lowest BCUT2D eigenvalue weighted by Crippen LogP contribution is -2.12. The van der Waals surface area contributed by atoms with E-state index in [-0.39, 0.29) is 11.4 Å². The highest BCUT2D eigenvalue weighted by atomic mass is 19.1. The van der Waals surface area contributed by atoms with Gasteiger partial charge in [0.15, 0.2) is 0 Å². The van der Waals surface area contributed by atoms with Gasteiger partial charge in [0.1, 0.15) is 11.6 Å². The smallest absolute Gasteiger partial charge is 0.411 e. The second kappa shape index (κ2) is 3.91. The second-order valence-corrected chi connectivity index (χ2v) is 2.47. The summed E-state index contributed by atoms with van der Waals surface area (Å²) in [5, 5.41) is 2.05. The topological polar surface area (TPSA) is 64.3 Å². The van der Waals surface area contributed by atoms with Gasteiger partial charge in [-0.25, -0.2) is 13.6 Å². The van der Waals surface area contributed by atoms with Crippen LogP contribution in [0.3, 0.4) is 0 Å². The molecule has 0 unspecified atom stereocenters. The van der Waals surface area contributed by atoms with Crippen molar-refractivity contribution in [3.8, 4) is 0 Å². The van der Waals surface area contributed by atoms with E-state index in [4.69, 9.17) is 5.73 Å². The van der Waals surface area contributed by atoms with Gasteiger partial charge in [0.05, 0.1) is 18.5 Å². The predicted molar refractivity (Wildman–Crippen MR) is 46.8 cm³/mol. The zero-order valence-electron chi connectivity index (χ0n) is 7.30. The standard InChI is InChI=1S/C8H8F2N2O2/c1-14-8(13)12-7-3-6(11)4(9)2-5(7)10/h2-3H,11H2,1H3,(H,12,13). The minimum atomic E-state index is -0.915. The minimum absolute atomic E-state index is 0.226. The first-order chi connectivity index (χ1) is 6.54. The van der Waals surface area contributed by atoms with Gasteiger partial charge in [-0.1, -0.05) is 0 Å². The van der Waals surface area contributed by atoms with E-state index in [0.717, 1.165) is 13.2 Å². The van der Waals surface area contributed by atoms with Crippen LogP contribution in [0, 0.1) is 11.6 Å². The van der Waals surface area contributed by atoms with Crippen LogP contribution < -0.4 is 11.1 Å². The van der Waals surface area contributed by atoms with Crippen molar-refractivity contribution in [1.29, 1.82) is 0 Å². The molecule has 1 aromatic rings. The summed E-state index contributed by atoms with van der Waals surface area (Å²) in [7, 11) is 1.13. The molecule has 1 aromatic carbocycles. The quantitative estimate of drug-likeness (QED) is 0.681. The van der Waals surface area contributed by atoms with Crippen LogP contribution in [0.25, 0.3) is 0 Å². The summed E-state index contributed by atoms with van der Waals surface area (Å²) in [5.41, 5.74) is 4.69. The Morgan fingerprint density at radius 2 is 2.07 bits per heavy atom. The normalized spacial score (nSPS) is 9.64. The Labute approximate surface area is 78.7 Å². The van der Waals surface area contributed by atoms with Crippen LogP contribution in [-0.2, 0) is 4.74 Å². The maximum Gasteiger partial charge on any atom is 0.411 e. The number of nitrogens with one attached hydrogen (secondary N) is 1. The Morgan fingerprint density at radius 3 is 2.64 bits per heavy atom. The second-order valence-electron chi connectivity index (χ2n) is 2.47. The molecular weight excluding hydrogens is 194 g/mol. The summed E-state index contributed by atoms with van der Waals surface area (Å²) >= 11 is 0. The van der Waals surface area contributed by atoms with Crippen molar-refractivity contribution >= 4 is 17.5 Å². The van der Waals surface area contributed by atoms with Gasteiger partial charge < -0.3 is 10.5 Å². The summed E-state index contributed by atoms with van der Waals surface area (Å²) in [6, 6.07) is 1.56. The minimum Gasteiger partial charge on any atom is -0.453 e. The highest BCUT2D eigenvalue weighted by Gasteiger charge is 2.10. The molecule has 0 aliphatic carbocycles. The Kier molecular flexibility index (Phi) is 2.85. The molecule has 4 nitrogen and oxygen atoms in total. The number of hydrogen-bond donors (Lipinski definition) is 2. The molecule has 14 heavy (non-hydrogen) atoms. The Balaban J connectivity index is 2.98. The average molecular weight is 202 g/mol. The number of amides is 1. The molecule has 76 valence electrons. The van der Waals surface area contributed by atoms with Crippen LogP contribution >= 0.6 is 0 Å². The molecule has 3 N–H and O–H groups in total. The van der Waals surface area contributed by atoms with E-state index in [1.807, 2.05) is 5.32 Å². The number of methoxy groups -OCH3 is 1. The zero-order chi connectivity index (χ0) is 10.7. The summed E-state index contributed by atoms with van der Waals surface area (Å²) in [6.45, 7) is 0. The lowest BCUT2D eigenvalue weighted by Gasteiger charge is -2.06. The number of anilines is 2. The highest BCUT2D eigenvalue weighted by molar-refractivity contribution is 5.85. The first kappa shape index (κ1) is 10.2. The first-order valence-electron chi connectivity index (χ1n) is 3.64. The number of nitrogens with two attached hydrogens (primary N) is 1. The molecule has 0 heterocycles. The number of carbonyl (C=O) groups is 1. The molecule has 6 heteroatoms. The van der Waals surface area contributed by atoms with Crippen molar-refractivity contribution in [3.63, 3.8) is 0 Å². The fraction of sp³-hybridized carbons (Fsp3) is 0.125. The fourth-order valence-corrected chi connectivity index (χ4v) is 0.823. The molecule has 0 atom stereocenters. The Hall–Kier alpha value is -1.85. The Morgan fingerprint density at radius 1 is 1.43 bits per heavy atom. The van der Waals surface area contributed by atoms with E-state index in [1.54, 1.807) is 0 Å². The van der Waals surface area contributed by atoms with Crippen LogP contribution in [0.15, 0.2) is 12.1 Å². The van der Waals surface area contributed by atoms with Crippen LogP contribution in [0.5, 0.6) is 0 Å². The van der Waals surface area contributed by atoms with Crippen LogP contribution in [0.1, 0.15) is 0 Å². The molecule has 0 fully saturated rings. The molecule has 0 aliphatic rings. The third-order valence-electron chi connectivity index (χ3n) is 1.51. The van der Waals surface area contributed by atoms with Crippen molar-refractivity contribution in [2.45, 2.75) is 0 Å². The third-order valence-corrected chi connectivity index (χ3v) is 1.51. The molecule has 0 radical (unpaired) electrons. The molecule has 0 saturated carbocycles. The molecule has 0 bridgehead atoms. The van der Waals surface area contributed by atoms with Gasteiger partial charge in [-0.2, -0.15) is 0 Å². The van der Waals surface area contributed by atoms with Crippen LogP contribution in [0.4, 0.5) is 25.0 Å². The van der Waals surface area contributed by atoms with Crippen molar-refractivity contribution in [2.75, 3.05) is 18.2 Å². The largest absolute Gasteiger partial charge is 0.453 e. The van der Waals surface area contributed by atoms with Crippen molar-refractivity contribution in [3.05, 3.63) is 23.8 Å². The SMILES string of the molecule is COC(=O)Nc1cc(N)c(F)cc1F. The van der Waals surface area contributed by atoms with Crippen molar-refractivity contribution in [1.82, 2.24) is 0 Å². The zero-order valence-corrected chi connectivity index (χ0v) is 7.30. The van der Waals surface area contributed by atoms with E-state index >= 15 is 0 Å². The van der Waals surface area contributed by atoms with Gasteiger partial charge in [0, 0.05) is 6.07 Å². The molecule has 1 amide bonds. The van der Waals surface area contributed by atoms with E-state index in [0.29, 0.717) is 6.07 Å². The molecule has 0 aliphatic heterocycles. The highest BCUT2D eigenvalue weighted by Crippen LogP contribution is 2.20. The maximum absolute atomic E-state index is 13.0. The molecule has 0 saturated heterocycles. The molecule has 1 rings (SSSR count). The summed E-state index contributed by atoms with van der Waals surface area (Å²) in [6.07, 6.45) is -0.852. The number of nitrogen functional groups attached to an aromatic ring is 1. The maximum atomic E-state index is 13.0. The van der Waals surface area contributed by atoms with E-state index in [1.165, 1.54) is 0 Å². The van der Waals surface area contributed by atoms with E-state index in [9.17, 15) is 13.6 Å². The van der Waals surface area contributed by atoms with Gasteiger partial charge in [-0.3, -0.25) is 5.32 Å². The molecule has 0 spiro atoms. The van der Waals surface area contributed by atoms with Crippen molar-refractivity contribution < 1.29 is 18.3 Å². The fourth-order valence-electron chi connectivity index (χ4n) is 0.823. The summed E-state index contributed by atoms with van der Waals surface area (Å²) in [4.78, 5) is 10.7. The number of carbonyl (C=O) groups excluding carboxylic acids is 1. The third kappa shape index (κ3) is 2.09. The van der Waals surface area contributed by atoms with Crippen LogP contribution in [0.2, 0.25) is 0 Å². The van der Waals surface area contributed by atoms with E-state index < -0.39 is 17.7 Å². The van der Waals surface area contributed by atoms with Gasteiger partial charge in [0.25, 0.3) is 0 Å². The first-order valence-corrected chi connectivity index (χ1v) is 3.64. The number of hydrogen-bond acceptors (Lipinski definition) is 3. The summed E-state index contributed by atoms with van der Waals surface area (Å²) in [5.74, 6) is -1.79. The molecule has 0 aromatic heterocycles. The number of ether oxygens (including phenoxy) is 1. The average Bonchev–Trinajstić information content (AvgIpc) is 2.14.